The Bertz CT molecular complexity index is 348. The zero-order chi connectivity index (χ0) is 12.7. The van der Waals surface area contributed by atoms with Crippen molar-refractivity contribution < 1.29 is 9.18 Å². The minimum Gasteiger partial charge on any atom is -0.302 e. The molecule has 0 aliphatic heterocycles. The number of carbonyl (C=O) groups is 1. The van der Waals surface area contributed by atoms with Crippen molar-refractivity contribution in [3.05, 3.63) is 35.6 Å². The number of carbonyl (C=O) groups excluding carboxylic acids is 1. The van der Waals surface area contributed by atoms with E-state index in [2.05, 4.69) is 4.90 Å². The minimum atomic E-state index is -0.196. The van der Waals surface area contributed by atoms with Crippen LogP contribution in [0.3, 0.4) is 0 Å². The number of rotatable bonds is 7. The highest BCUT2D eigenvalue weighted by Gasteiger charge is 2.01. The van der Waals surface area contributed by atoms with Gasteiger partial charge in [0.25, 0.3) is 0 Å². The molecule has 0 aliphatic rings. The van der Waals surface area contributed by atoms with Crippen molar-refractivity contribution in [2.75, 3.05) is 13.6 Å². The summed E-state index contributed by atoms with van der Waals surface area (Å²) in [6, 6.07) is 6.58. The van der Waals surface area contributed by atoms with Gasteiger partial charge in [0.15, 0.2) is 0 Å². The van der Waals surface area contributed by atoms with Crippen molar-refractivity contribution in [3.63, 3.8) is 0 Å². The summed E-state index contributed by atoms with van der Waals surface area (Å²) in [6.07, 6.45) is 2.64. The fourth-order valence-electron chi connectivity index (χ4n) is 1.74. The Hall–Kier alpha value is -1.22. The summed E-state index contributed by atoms with van der Waals surface area (Å²) in [4.78, 5) is 13.0. The zero-order valence-electron chi connectivity index (χ0n) is 10.6. The van der Waals surface area contributed by atoms with Crippen molar-refractivity contribution in [1.29, 1.82) is 0 Å². The summed E-state index contributed by atoms with van der Waals surface area (Å²) < 4.78 is 12.7. The van der Waals surface area contributed by atoms with E-state index >= 15 is 0 Å². The first kappa shape index (κ1) is 13.8. The van der Waals surface area contributed by atoms with Crippen LogP contribution in [-0.2, 0) is 11.3 Å². The lowest BCUT2D eigenvalue weighted by atomic mass is 10.1. The fourth-order valence-corrected chi connectivity index (χ4v) is 1.74. The molecule has 0 saturated carbocycles. The molecule has 0 spiro atoms. The second-order valence-corrected chi connectivity index (χ2v) is 4.52. The Morgan fingerprint density at radius 1 is 1.24 bits per heavy atom. The van der Waals surface area contributed by atoms with Crippen LogP contribution in [0.25, 0.3) is 0 Å². The molecular formula is C14H20FNO. The molecule has 0 radical (unpaired) electrons. The van der Waals surface area contributed by atoms with Gasteiger partial charge in [0.1, 0.15) is 11.6 Å². The van der Waals surface area contributed by atoms with Gasteiger partial charge in [-0.2, -0.15) is 0 Å². The van der Waals surface area contributed by atoms with Crippen molar-refractivity contribution in [2.45, 2.75) is 32.7 Å². The molecule has 1 aromatic carbocycles. The van der Waals surface area contributed by atoms with Crippen LogP contribution < -0.4 is 0 Å². The summed E-state index contributed by atoms with van der Waals surface area (Å²) >= 11 is 0. The van der Waals surface area contributed by atoms with Gasteiger partial charge < -0.3 is 9.69 Å². The molecule has 2 nitrogen and oxygen atoms in total. The maximum absolute atomic E-state index is 12.7. The van der Waals surface area contributed by atoms with Crippen LogP contribution >= 0.6 is 0 Å². The van der Waals surface area contributed by atoms with E-state index in [-0.39, 0.29) is 11.6 Å². The third-order valence-corrected chi connectivity index (χ3v) is 2.68. The van der Waals surface area contributed by atoms with Gasteiger partial charge in [-0.1, -0.05) is 12.1 Å². The van der Waals surface area contributed by atoms with Crippen LogP contribution in [-0.4, -0.2) is 24.3 Å². The van der Waals surface area contributed by atoms with E-state index in [1.807, 2.05) is 7.05 Å². The monoisotopic (exact) mass is 237 g/mol. The molecule has 0 unspecified atom stereocenters. The van der Waals surface area contributed by atoms with Gasteiger partial charge in [0, 0.05) is 13.0 Å². The highest BCUT2D eigenvalue weighted by molar-refractivity contribution is 5.75. The molecule has 0 atom stereocenters. The maximum atomic E-state index is 12.7. The first-order valence-corrected chi connectivity index (χ1v) is 6.00. The number of unbranched alkanes of at least 4 members (excludes halogenated alkanes) is 1. The van der Waals surface area contributed by atoms with Crippen LogP contribution in [0.5, 0.6) is 0 Å². The number of nitrogens with zero attached hydrogens (tertiary/aromatic N) is 1. The largest absolute Gasteiger partial charge is 0.302 e. The predicted octanol–water partition coefficient (Wildman–Crippen LogP) is 3.02. The molecule has 0 aliphatic carbocycles. The molecule has 0 amide bonds. The first-order chi connectivity index (χ1) is 8.08. The number of hydrogen-bond donors (Lipinski definition) is 0. The smallest absolute Gasteiger partial charge is 0.129 e. The summed E-state index contributed by atoms with van der Waals surface area (Å²) in [5.41, 5.74) is 1.11. The number of benzene rings is 1. The fraction of sp³-hybridized carbons (Fsp3) is 0.500. The molecule has 94 valence electrons. The first-order valence-electron chi connectivity index (χ1n) is 6.00. The Morgan fingerprint density at radius 3 is 2.47 bits per heavy atom. The van der Waals surface area contributed by atoms with Gasteiger partial charge in [-0.25, -0.2) is 4.39 Å². The van der Waals surface area contributed by atoms with E-state index in [1.54, 1.807) is 19.1 Å². The average Bonchev–Trinajstić information content (AvgIpc) is 2.27. The number of ketones is 1. The summed E-state index contributed by atoms with van der Waals surface area (Å²) in [5, 5.41) is 0. The lowest BCUT2D eigenvalue weighted by Gasteiger charge is -2.16. The highest BCUT2D eigenvalue weighted by atomic mass is 19.1. The summed E-state index contributed by atoms with van der Waals surface area (Å²) in [5.74, 6) is 0.0593. The van der Waals surface area contributed by atoms with Crippen LogP contribution in [0.4, 0.5) is 4.39 Å². The average molecular weight is 237 g/mol. The number of halogens is 1. The Labute approximate surface area is 102 Å². The van der Waals surface area contributed by atoms with E-state index < -0.39 is 0 Å². The maximum Gasteiger partial charge on any atom is 0.129 e. The highest BCUT2D eigenvalue weighted by Crippen LogP contribution is 2.06. The van der Waals surface area contributed by atoms with Crippen LogP contribution in [0.1, 0.15) is 31.7 Å². The van der Waals surface area contributed by atoms with Gasteiger partial charge in [-0.05, 0) is 51.1 Å². The standard InChI is InChI=1S/C14H20FNO/c1-12(17)5-3-4-10-16(2)11-13-6-8-14(15)9-7-13/h6-9H,3-5,10-11H2,1-2H3. The molecule has 1 aromatic rings. The third-order valence-electron chi connectivity index (χ3n) is 2.68. The predicted molar refractivity (Wildman–Crippen MR) is 67.3 cm³/mol. The molecule has 0 saturated heterocycles. The topological polar surface area (TPSA) is 20.3 Å². The second-order valence-electron chi connectivity index (χ2n) is 4.52. The molecule has 3 heteroatoms. The van der Waals surface area contributed by atoms with Crippen molar-refractivity contribution >= 4 is 5.78 Å². The van der Waals surface area contributed by atoms with Crippen molar-refractivity contribution in [3.8, 4) is 0 Å². The molecule has 0 aromatic heterocycles. The molecule has 0 N–H and O–H groups in total. The van der Waals surface area contributed by atoms with Crippen LogP contribution in [0, 0.1) is 5.82 Å². The SMILES string of the molecule is CC(=O)CCCCN(C)Cc1ccc(F)cc1. The summed E-state index contributed by atoms with van der Waals surface area (Å²) in [7, 11) is 2.04. The van der Waals surface area contributed by atoms with Crippen molar-refractivity contribution in [1.82, 2.24) is 4.90 Å². The minimum absolute atomic E-state index is 0.196. The molecule has 0 heterocycles. The normalized spacial score (nSPS) is 10.8. The molecule has 0 bridgehead atoms. The van der Waals surface area contributed by atoms with Gasteiger partial charge in [0.2, 0.25) is 0 Å². The summed E-state index contributed by atoms with van der Waals surface area (Å²) in [6.45, 7) is 3.41. The molecule has 1 rings (SSSR count). The third kappa shape index (κ3) is 6.17. The van der Waals surface area contributed by atoms with Gasteiger partial charge in [-0.3, -0.25) is 0 Å². The van der Waals surface area contributed by atoms with Crippen LogP contribution in [0.15, 0.2) is 24.3 Å². The van der Waals surface area contributed by atoms with E-state index in [0.29, 0.717) is 6.42 Å². The van der Waals surface area contributed by atoms with Crippen LogP contribution in [0.2, 0.25) is 0 Å². The number of Topliss-reactive ketones (excluding diaryl/α,β-unsaturated/α-hetero) is 1. The van der Waals surface area contributed by atoms with E-state index in [9.17, 15) is 9.18 Å². The quantitative estimate of drug-likeness (QED) is 0.679. The van der Waals surface area contributed by atoms with Gasteiger partial charge >= 0.3 is 0 Å². The Balaban J connectivity index is 2.22. The molecular weight excluding hydrogens is 217 g/mol. The lowest BCUT2D eigenvalue weighted by Crippen LogP contribution is -2.19. The Morgan fingerprint density at radius 2 is 1.88 bits per heavy atom. The second kappa shape index (κ2) is 7.17. The molecule has 17 heavy (non-hydrogen) atoms. The molecule has 0 fully saturated rings. The Kier molecular flexibility index (Phi) is 5.84. The van der Waals surface area contributed by atoms with Gasteiger partial charge in [-0.15, -0.1) is 0 Å². The number of hydrogen-bond acceptors (Lipinski definition) is 2. The van der Waals surface area contributed by atoms with E-state index in [0.717, 1.165) is 31.5 Å². The lowest BCUT2D eigenvalue weighted by molar-refractivity contribution is -0.117. The zero-order valence-corrected chi connectivity index (χ0v) is 10.6. The van der Waals surface area contributed by atoms with E-state index in [4.69, 9.17) is 0 Å². The van der Waals surface area contributed by atoms with Gasteiger partial charge in [0.05, 0.1) is 0 Å². The van der Waals surface area contributed by atoms with Crippen molar-refractivity contribution in [2.24, 2.45) is 0 Å². The van der Waals surface area contributed by atoms with E-state index in [1.165, 1.54) is 12.1 Å².